The lowest BCUT2D eigenvalue weighted by molar-refractivity contribution is 0.668. The Labute approximate surface area is 397 Å². The second-order valence-corrected chi connectivity index (χ2v) is 17.8. The number of furan rings is 2. The van der Waals surface area contributed by atoms with Gasteiger partial charge in [-0.25, -0.2) is 15.0 Å². The lowest BCUT2D eigenvalue weighted by atomic mass is 9.67. The van der Waals surface area contributed by atoms with E-state index in [-0.39, 0.29) is 0 Å². The molecule has 10 aromatic carbocycles. The zero-order chi connectivity index (χ0) is 45.5. The van der Waals surface area contributed by atoms with Gasteiger partial charge in [-0.1, -0.05) is 188 Å². The number of hydrogen-bond acceptors (Lipinski definition) is 5. The smallest absolute Gasteiger partial charge is 0.164 e. The van der Waals surface area contributed by atoms with Gasteiger partial charge in [-0.15, -0.1) is 0 Å². The molecule has 0 atom stereocenters. The normalized spacial score (nSPS) is 12.8. The predicted molar refractivity (Wildman–Crippen MR) is 279 cm³/mol. The van der Waals surface area contributed by atoms with Gasteiger partial charge in [0.25, 0.3) is 0 Å². The Kier molecular flexibility index (Phi) is 8.73. The predicted octanol–water partition coefficient (Wildman–Crippen LogP) is 16.4. The van der Waals surface area contributed by atoms with Gasteiger partial charge in [0.2, 0.25) is 0 Å². The van der Waals surface area contributed by atoms with E-state index in [9.17, 15) is 0 Å². The first-order chi connectivity index (χ1) is 34.2. The maximum atomic E-state index is 6.65. The summed E-state index contributed by atoms with van der Waals surface area (Å²) in [5, 5.41) is 3.99. The molecule has 0 bridgehead atoms. The minimum Gasteiger partial charge on any atom is -0.456 e. The van der Waals surface area contributed by atoms with E-state index in [0.29, 0.717) is 17.5 Å². The van der Waals surface area contributed by atoms with Crippen LogP contribution in [0.3, 0.4) is 0 Å². The summed E-state index contributed by atoms with van der Waals surface area (Å²) in [7, 11) is 0. The van der Waals surface area contributed by atoms with Gasteiger partial charge < -0.3 is 8.83 Å². The first kappa shape index (κ1) is 39.0. The fourth-order valence-electron chi connectivity index (χ4n) is 10.9. The molecule has 5 heteroatoms. The number of nitrogens with zero attached hydrogens (tertiary/aromatic N) is 3. The first-order valence-corrected chi connectivity index (χ1v) is 23.3. The minimum atomic E-state index is -0.505. The SMILES string of the molecule is c1ccc(-c2ccc(-c3nc(-c4ccc5oc6ccccc6c5c4)nc(-c4cccc5oc6ccc(-c7ccc8c(c7)C(c7ccccc7)(c7ccccc7)c7ccccc7-8)cc6c45)n3)cc2)cc1. The molecule has 3 heterocycles. The number of para-hydroxylation sites is 1. The van der Waals surface area contributed by atoms with Crippen molar-refractivity contribution >= 4 is 43.9 Å². The third kappa shape index (κ3) is 6.14. The third-order valence-corrected chi connectivity index (χ3v) is 14.0. The molecule has 69 heavy (non-hydrogen) atoms. The van der Waals surface area contributed by atoms with Crippen molar-refractivity contribution < 1.29 is 8.83 Å². The fourth-order valence-corrected chi connectivity index (χ4v) is 10.9. The standard InChI is InChI=1S/C64H39N3O2/c1-4-15-40(16-5-1)41-27-29-42(30-28-41)61-65-62(45-33-36-57-52(38-45)50-22-11-13-25-56(50)68-57)67-63(66-61)51-23-14-26-59-60(51)53-37-43(32-35-58(53)69-59)44-31-34-49-48-21-10-12-24-54(48)64(55(49)39-44,46-17-6-2-7-18-46)47-19-8-3-9-20-47/h1-39H. The highest BCUT2D eigenvalue weighted by Crippen LogP contribution is 2.57. The Morgan fingerprint density at radius 2 is 0.768 bits per heavy atom. The largest absolute Gasteiger partial charge is 0.456 e. The van der Waals surface area contributed by atoms with Crippen LogP contribution in [-0.4, -0.2) is 15.0 Å². The van der Waals surface area contributed by atoms with Crippen molar-refractivity contribution in [2.24, 2.45) is 0 Å². The highest BCUT2D eigenvalue weighted by Gasteiger charge is 2.46. The molecule has 1 aliphatic rings. The van der Waals surface area contributed by atoms with Crippen molar-refractivity contribution in [1.29, 1.82) is 0 Å². The van der Waals surface area contributed by atoms with Gasteiger partial charge >= 0.3 is 0 Å². The Balaban J connectivity index is 0.947. The molecular weight excluding hydrogens is 843 g/mol. The van der Waals surface area contributed by atoms with Gasteiger partial charge in [-0.2, -0.15) is 0 Å². The summed E-state index contributed by atoms with van der Waals surface area (Å²) in [6, 6.07) is 83.6. The monoisotopic (exact) mass is 881 g/mol. The number of hydrogen-bond donors (Lipinski definition) is 0. The third-order valence-electron chi connectivity index (χ3n) is 14.0. The average Bonchev–Trinajstić information content (AvgIpc) is 4.09. The highest BCUT2D eigenvalue weighted by molar-refractivity contribution is 6.13. The second-order valence-electron chi connectivity index (χ2n) is 17.8. The molecule has 0 radical (unpaired) electrons. The van der Waals surface area contributed by atoms with Crippen molar-refractivity contribution in [3.63, 3.8) is 0 Å². The van der Waals surface area contributed by atoms with Crippen LogP contribution in [0.4, 0.5) is 0 Å². The van der Waals surface area contributed by atoms with Crippen LogP contribution in [0.15, 0.2) is 245 Å². The highest BCUT2D eigenvalue weighted by atomic mass is 16.3. The van der Waals surface area contributed by atoms with Crippen LogP contribution in [0.25, 0.3) is 111 Å². The molecule has 5 nitrogen and oxygen atoms in total. The molecule has 0 saturated heterocycles. The van der Waals surface area contributed by atoms with Crippen molar-refractivity contribution in [3.05, 3.63) is 259 Å². The fraction of sp³-hybridized carbons (Fsp3) is 0.0156. The summed E-state index contributed by atoms with van der Waals surface area (Å²) in [4.78, 5) is 15.7. The van der Waals surface area contributed by atoms with Crippen LogP contribution >= 0.6 is 0 Å². The topological polar surface area (TPSA) is 65.0 Å². The number of benzene rings is 10. The zero-order valence-electron chi connectivity index (χ0n) is 37.2. The summed E-state index contributed by atoms with van der Waals surface area (Å²) in [5.74, 6) is 1.71. The van der Waals surface area contributed by atoms with E-state index in [1.165, 1.54) is 33.4 Å². The summed E-state index contributed by atoms with van der Waals surface area (Å²) in [6.07, 6.45) is 0. The van der Waals surface area contributed by atoms with Crippen LogP contribution in [0.1, 0.15) is 22.3 Å². The summed E-state index contributed by atoms with van der Waals surface area (Å²) < 4.78 is 12.9. The van der Waals surface area contributed by atoms with Crippen LogP contribution in [0, 0.1) is 0 Å². The molecule has 1 aliphatic carbocycles. The van der Waals surface area contributed by atoms with Crippen molar-refractivity contribution in [2.45, 2.75) is 5.41 Å². The Hall–Kier alpha value is -9.19. The summed E-state index contributed by atoms with van der Waals surface area (Å²) >= 11 is 0. The van der Waals surface area contributed by atoms with Gasteiger partial charge in [0, 0.05) is 38.2 Å². The Morgan fingerprint density at radius 1 is 0.275 bits per heavy atom. The molecule has 322 valence electrons. The van der Waals surface area contributed by atoms with Crippen molar-refractivity contribution in [1.82, 2.24) is 15.0 Å². The van der Waals surface area contributed by atoms with Gasteiger partial charge in [0.05, 0.1) is 5.41 Å². The van der Waals surface area contributed by atoms with Crippen LogP contribution in [0.2, 0.25) is 0 Å². The zero-order valence-corrected chi connectivity index (χ0v) is 37.2. The van der Waals surface area contributed by atoms with E-state index >= 15 is 0 Å². The minimum absolute atomic E-state index is 0.505. The summed E-state index contributed by atoms with van der Waals surface area (Å²) in [5.41, 5.74) is 17.3. The Morgan fingerprint density at radius 3 is 1.55 bits per heavy atom. The second kappa shape index (κ2) is 15.4. The molecule has 0 aliphatic heterocycles. The number of rotatable bonds is 7. The van der Waals surface area contributed by atoms with Crippen LogP contribution in [-0.2, 0) is 5.41 Å². The molecule has 14 rings (SSSR count). The van der Waals surface area contributed by atoms with Gasteiger partial charge in [-0.3, -0.25) is 0 Å². The quantitative estimate of drug-likeness (QED) is 0.160. The van der Waals surface area contributed by atoms with E-state index in [0.717, 1.165) is 82.8 Å². The molecule has 0 fully saturated rings. The van der Waals surface area contributed by atoms with E-state index in [1.54, 1.807) is 0 Å². The number of fused-ring (bicyclic) bond motifs is 9. The summed E-state index contributed by atoms with van der Waals surface area (Å²) in [6.45, 7) is 0. The van der Waals surface area contributed by atoms with Gasteiger partial charge in [0.15, 0.2) is 17.5 Å². The van der Waals surface area contributed by atoms with Crippen LogP contribution < -0.4 is 0 Å². The van der Waals surface area contributed by atoms with E-state index in [4.69, 9.17) is 23.8 Å². The molecule has 3 aromatic heterocycles. The lowest BCUT2D eigenvalue weighted by Crippen LogP contribution is -2.28. The van der Waals surface area contributed by atoms with Gasteiger partial charge in [0.1, 0.15) is 22.3 Å². The average molecular weight is 882 g/mol. The maximum absolute atomic E-state index is 6.65. The molecular formula is C64H39N3O2. The Bertz CT molecular complexity index is 4080. The molecule has 0 N–H and O–H groups in total. The van der Waals surface area contributed by atoms with E-state index in [2.05, 4.69) is 188 Å². The van der Waals surface area contributed by atoms with Crippen LogP contribution in [0.5, 0.6) is 0 Å². The molecule has 0 unspecified atom stereocenters. The maximum Gasteiger partial charge on any atom is 0.164 e. The molecule has 0 saturated carbocycles. The first-order valence-electron chi connectivity index (χ1n) is 23.3. The molecule has 0 amide bonds. The van der Waals surface area contributed by atoms with Crippen molar-refractivity contribution in [3.8, 4) is 67.5 Å². The number of aromatic nitrogens is 3. The molecule has 0 spiro atoms. The molecule has 13 aromatic rings. The van der Waals surface area contributed by atoms with E-state index in [1.807, 2.05) is 48.5 Å². The lowest BCUT2D eigenvalue weighted by Gasteiger charge is -2.34. The van der Waals surface area contributed by atoms with Crippen molar-refractivity contribution in [2.75, 3.05) is 0 Å². The van der Waals surface area contributed by atoms with E-state index < -0.39 is 5.41 Å². The van der Waals surface area contributed by atoms with Gasteiger partial charge in [-0.05, 0) is 104 Å².